The Labute approximate surface area is 164 Å². The highest BCUT2D eigenvalue weighted by molar-refractivity contribution is 6.30. The van der Waals surface area contributed by atoms with E-state index in [0.29, 0.717) is 19.0 Å². The van der Waals surface area contributed by atoms with Crippen molar-refractivity contribution in [3.05, 3.63) is 64.8 Å². The van der Waals surface area contributed by atoms with Crippen LogP contribution in [0.25, 0.3) is 11.5 Å². The van der Waals surface area contributed by atoms with Crippen molar-refractivity contribution in [3.8, 4) is 11.5 Å². The molecule has 7 heteroatoms. The van der Waals surface area contributed by atoms with Gasteiger partial charge in [0, 0.05) is 38.6 Å². The van der Waals surface area contributed by atoms with E-state index in [-0.39, 0.29) is 0 Å². The smallest absolute Gasteiger partial charge is 0.226 e. The maximum absolute atomic E-state index is 6.06. The molecule has 1 N–H and O–H groups in total. The quantitative estimate of drug-likeness (QED) is 0.535. The summed E-state index contributed by atoms with van der Waals surface area (Å²) in [6.45, 7) is 3.27. The molecule has 142 valence electrons. The molecule has 2 heterocycles. The summed E-state index contributed by atoms with van der Waals surface area (Å²) in [6, 6.07) is 10.1. The minimum atomic E-state index is 0.528. The van der Waals surface area contributed by atoms with Gasteiger partial charge in [-0.2, -0.15) is 0 Å². The summed E-state index contributed by atoms with van der Waals surface area (Å²) in [5.74, 6) is 1.39. The van der Waals surface area contributed by atoms with Crippen molar-refractivity contribution >= 4 is 17.6 Å². The Bertz CT molecular complexity index is 926. The second-order valence-electron chi connectivity index (χ2n) is 6.53. The molecule has 0 spiro atoms. The lowest BCUT2D eigenvalue weighted by atomic mass is 10.1. The normalized spacial score (nSPS) is 11.7. The van der Waals surface area contributed by atoms with Gasteiger partial charge in [0.2, 0.25) is 5.89 Å². The molecule has 27 heavy (non-hydrogen) atoms. The zero-order valence-electron chi connectivity index (χ0n) is 16.0. The van der Waals surface area contributed by atoms with Crippen LogP contribution in [0.5, 0.6) is 0 Å². The first kappa shape index (κ1) is 19.0. The number of nitrogens with zero attached hydrogens (tertiary/aromatic N) is 4. The van der Waals surface area contributed by atoms with E-state index >= 15 is 0 Å². The Morgan fingerprint density at radius 2 is 2.07 bits per heavy atom. The fourth-order valence-corrected chi connectivity index (χ4v) is 3.08. The molecule has 0 bridgehead atoms. The number of aliphatic imine (C=N–C) groups is 1. The summed E-state index contributed by atoms with van der Waals surface area (Å²) in [5.41, 5.74) is 4.10. The van der Waals surface area contributed by atoms with Crippen molar-refractivity contribution < 1.29 is 4.42 Å². The van der Waals surface area contributed by atoms with Gasteiger partial charge in [-0.3, -0.25) is 4.99 Å². The molecule has 3 aromatic rings. The molecule has 6 nitrogen and oxygen atoms in total. The minimum absolute atomic E-state index is 0.528. The molecule has 0 aliphatic carbocycles. The summed E-state index contributed by atoms with van der Waals surface area (Å²) in [4.78, 5) is 10.9. The molecule has 0 amide bonds. The molecule has 0 radical (unpaired) electrons. The predicted octanol–water partition coefficient (Wildman–Crippen LogP) is 3.85. The lowest BCUT2D eigenvalue weighted by Gasteiger charge is -2.22. The number of oxazole rings is 1. The molecule has 3 rings (SSSR count). The summed E-state index contributed by atoms with van der Waals surface area (Å²) in [7, 11) is 5.72. The summed E-state index contributed by atoms with van der Waals surface area (Å²) < 4.78 is 7.62. The Hall–Kier alpha value is -2.73. The second kappa shape index (κ2) is 8.31. The molecule has 0 aliphatic rings. The lowest BCUT2D eigenvalue weighted by molar-refractivity contribution is 0.461. The summed E-state index contributed by atoms with van der Waals surface area (Å²) >= 11 is 6.06. The highest BCUT2D eigenvalue weighted by Gasteiger charge is 2.11. The van der Waals surface area contributed by atoms with Gasteiger partial charge in [-0.05, 0) is 25.1 Å². The number of halogens is 1. The fourth-order valence-electron chi connectivity index (χ4n) is 2.81. The topological polar surface area (TPSA) is 58.6 Å². The van der Waals surface area contributed by atoms with E-state index in [1.54, 1.807) is 13.3 Å². The zero-order chi connectivity index (χ0) is 19.4. The van der Waals surface area contributed by atoms with Crippen molar-refractivity contribution in [3.63, 3.8) is 0 Å². The molecule has 0 unspecified atom stereocenters. The summed E-state index contributed by atoms with van der Waals surface area (Å²) in [6.07, 6.45) is 3.56. The van der Waals surface area contributed by atoms with Crippen LogP contribution >= 0.6 is 11.6 Å². The van der Waals surface area contributed by atoms with E-state index in [1.165, 1.54) is 5.56 Å². The largest absolute Gasteiger partial charge is 0.444 e. The number of aromatic nitrogens is 2. The molecule has 0 aliphatic heterocycles. The van der Waals surface area contributed by atoms with Crippen molar-refractivity contribution in [2.75, 3.05) is 14.1 Å². The van der Waals surface area contributed by atoms with Crippen LogP contribution in [0.4, 0.5) is 0 Å². The third-order valence-electron chi connectivity index (χ3n) is 4.32. The van der Waals surface area contributed by atoms with Gasteiger partial charge in [0.05, 0.1) is 23.8 Å². The Morgan fingerprint density at radius 3 is 2.70 bits per heavy atom. The van der Waals surface area contributed by atoms with Crippen LogP contribution in [0.3, 0.4) is 0 Å². The number of nitrogens with one attached hydrogen (secondary N) is 1. The Kier molecular flexibility index (Phi) is 5.86. The van der Waals surface area contributed by atoms with Crippen molar-refractivity contribution in [2.45, 2.75) is 20.0 Å². The predicted molar refractivity (Wildman–Crippen MR) is 109 cm³/mol. The first-order valence-corrected chi connectivity index (χ1v) is 9.08. The lowest BCUT2D eigenvalue weighted by Crippen LogP contribution is -2.38. The van der Waals surface area contributed by atoms with Crippen LogP contribution in [0.1, 0.15) is 17.0 Å². The van der Waals surface area contributed by atoms with Gasteiger partial charge < -0.3 is 19.2 Å². The first-order valence-electron chi connectivity index (χ1n) is 8.70. The monoisotopic (exact) mass is 385 g/mol. The minimum Gasteiger partial charge on any atom is -0.444 e. The van der Waals surface area contributed by atoms with Gasteiger partial charge in [-0.15, -0.1) is 0 Å². The van der Waals surface area contributed by atoms with Gasteiger partial charge >= 0.3 is 0 Å². The van der Waals surface area contributed by atoms with E-state index in [1.807, 2.05) is 60.1 Å². The standard InChI is InChI=1S/C20H24ClN5O/c1-14-5-7-15(8-6-14)19-24-17(13-27-19)10-23-20(22-2)26(4)12-18-9-16(21)11-25(18)3/h5-9,11,13H,10,12H2,1-4H3,(H,22,23). The van der Waals surface area contributed by atoms with Gasteiger partial charge in [0.25, 0.3) is 0 Å². The van der Waals surface area contributed by atoms with Crippen LogP contribution < -0.4 is 5.32 Å². The van der Waals surface area contributed by atoms with Crippen LogP contribution in [0.15, 0.2) is 52.2 Å². The molecule has 1 aromatic carbocycles. The third-order valence-corrected chi connectivity index (χ3v) is 4.53. The van der Waals surface area contributed by atoms with Crippen LogP contribution in [0.2, 0.25) is 5.02 Å². The highest BCUT2D eigenvalue weighted by atomic mass is 35.5. The highest BCUT2D eigenvalue weighted by Crippen LogP contribution is 2.19. The molecule has 2 aromatic heterocycles. The zero-order valence-corrected chi connectivity index (χ0v) is 16.8. The average Bonchev–Trinajstić information content (AvgIpc) is 3.22. The number of benzene rings is 1. The average molecular weight is 386 g/mol. The maximum Gasteiger partial charge on any atom is 0.226 e. The third kappa shape index (κ3) is 4.71. The van der Waals surface area contributed by atoms with E-state index in [9.17, 15) is 0 Å². The summed E-state index contributed by atoms with van der Waals surface area (Å²) in [5, 5.41) is 4.05. The van der Waals surface area contributed by atoms with E-state index in [4.69, 9.17) is 16.0 Å². The van der Waals surface area contributed by atoms with Gasteiger partial charge in [-0.25, -0.2) is 4.98 Å². The van der Waals surface area contributed by atoms with E-state index in [2.05, 4.69) is 22.2 Å². The van der Waals surface area contributed by atoms with Crippen LogP contribution in [-0.2, 0) is 20.1 Å². The van der Waals surface area contributed by atoms with E-state index < -0.39 is 0 Å². The van der Waals surface area contributed by atoms with Crippen molar-refractivity contribution in [1.82, 2.24) is 19.8 Å². The molecule has 0 saturated carbocycles. The number of hydrogen-bond acceptors (Lipinski definition) is 3. The van der Waals surface area contributed by atoms with Gasteiger partial charge in [0.1, 0.15) is 6.26 Å². The maximum atomic E-state index is 6.06. The van der Waals surface area contributed by atoms with Gasteiger partial charge in [-0.1, -0.05) is 29.3 Å². The van der Waals surface area contributed by atoms with Gasteiger partial charge in [0.15, 0.2) is 5.96 Å². The number of rotatable bonds is 5. The van der Waals surface area contributed by atoms with Crippen molar-refractivity contribution in [2.24, 2.45) is 12.0 Å². The first-order chi connectivity index (χ1) is 13.0. The van der Waals surface area contributed by atoms with Crippen molar-refractivity contribution in [1.29, 1.82) is 0 Å². The Balaban J connectivity index is 1.61. The molecular weight excluding hydrogens is 362 g/mol. The Morgan fingerprint density at radius 1 is 1.33 bits per heavy atom. The van der Waals surface area contributed by atoms with Crippen LogP contribution in [-0.4, -0.2) is 34.5 Å². The second-order valence-corrected chi connectivity index (χ2v) is 6.96. The van der Waals surface area contributed by atoms with Crippen LogP contribution in [0, 0.1) is 6.92 Å². The molecule has 0 atom stereocenters. The molecule has 0 fully saturated rings. The fraction of sp³-hybridized carbons (Fsp3) is 0.300. The molecular formula is C20H24ClN5O. The molecule has 0 saturated heterocycles. The van der Waals surface area contributed by atoms with E-state index in [0.717, 1.165) is 27.9 Å². The SMILES string of the molecule is CN=C(NCc1coc(-c2ccc(C)cc2)n1)N(C)Cc1cc(Cl)cn1C. The number of aryl methyl sites for hydroxylation is 2. The number of guanidine groups is 1. The number of hydrogen-bond donors (Lipinski definition) is 1.